The van der Waals surface area contributed by atoms with Crippen molar-refractivity contribution in [3.63, 3.8) is 0 Å². The predicted octanol–water partition coefficient (Wildman–Crippen LogP) is 3.23. The van der Waals surface area contributed by atoms with Crippen LogP contribution in [0.15, 0.2) is 30.5 Å². The number of aromatic nitrogens is 2. The van der Waals surface area contributed by atoms with Gasteiger partial charge < -0.3 is 5.32 Å². The lowest BCUT2D eigenvalue weighted by molar-refractivity contribution is 0.303. The summed E-state index contributed by atoms with van der Waals surface area (Å²) in [5.41, 5.74) is 1.01. The average Bonchev–Trinajstić information content (AvgIpc) is 2.32. The van der Waals surface area contributed by atoms with Crippen LogP contribution in [0, 0.1) is 5.92 Å². The molecule has 1 aliphatic rings. The minimum absolute atomic E-state index is 0.753. The Morgan fingerprint density at radius 1 is 1.24 bits per heavy atom. The van der Waals surface area contributed by atoms with E-state index < -0.39 is 0 Å². The van der Waals surface area contributed by atoms with Crippen molar-refractivity contribution in [2.24, 2.45) is 5.92 Å². The third-order valence-electron chi connectivity index (χ3n) is 3.55. The Bertz CT molecular complexity index is 506. The van der Waals surface area contributed by atoms with Crippen LogP contribution in [0.25, 0.3) is 10.9 Å². The molecule has 0 unspecified atom stereocenters. The molecule has 17 heavy (non-hydrogen) atoms. The summed E-state index contributed by atoms with van der Waals surface area (Å²) < 4.78 is 0. The molecule has 1 saturated carbocycles. The van der Waals surface area contributed by atoms with Crippen LogP contribution in [0.3, 0.4) is 0 Å². The van der Waals surface area contributed by atoms with Crippen molar-refractivity contribution < 1.29 is 0 Å². The molecule has 0 spiro atoms. The molecule has 0 radical (unpaired) electrons. The zero-order valence-corrected chi connectivity index (χ0v) is 9.89. The van der Waals surface area contributed by atoms with Gasteiger partial charge in [0.15, 0.2) is 0 Å². The van der Waals surface area contributed by atoms with Gasteiger partial charge in [0.2, 0.25) is 5.95 Å². The fraction of sp³-hybridized carbons (Fsp3) is 0.429. The van der Waals surface area contributed by atoms with Gasteiger partial charge in [-0.3, -0.25) is 0 Å². The number of benzene rings is 1. The number of anilines is 1. The van der Waals surface area contributed by atoms with Crippen molar-refractivity contribution in [1.82, 2.24) is 9.97 Å². The Morgan fingerprint density at radius 3 is 2.94 bits per heavy atom. The zero-order valence-electron chi connectivity index (χ0n) is 9.89. The summed E-state index contributed by atoms with van der Waals surface area (Å²) in [6, 6.07) is 8.07. The lowest BCUT2D eigenvalue weighted by Gasteiger charge is -2.25. The number of fused-ring (bicyclic) bond motifs is 1. The van der Waals surface area contributed by atoms with Gasteiger partial charge in [-0.1, -0.05) is 37.5 Å². The standard InChI is InChI=1S/C14H17N3/c1-2-7-13-12(6-1)10-16-14(17-13)15-9-8-11-4-3-5-11/h1-2,6-7,10-11H,3-5,8-9H2,(H,15,16,17). The van der Waals surface area contributed by atoms with Gasteiger partial charge >= 0.3 is 0 Å². The fourth-order valence-corrected chi connectivity index (χ4v) is 2.23. The van der Waals surface area contributed by atoms with Crippen LogP contribution in [0.4, 0.5) is 5.95 Å². The van der Waals surface area contributed by atoms with Crippen molar-refractivity contribution in [3.8, 4) is 0 Å². The maximum Gasteiger partial charge on any atom is 0.223 e. The topological polar surface area (TPSA) is 37.8 Å². The van der Waals surface area contributed by atoms with Gasteiger partial charge in [-0.15, -0.1) is 0 Å². The van der Waals surface area contributed by atoms with Crippen molar-refractivity contribution in [2.75, 3.05) is 11.9 Å². The summed E-state index contributed by atoms with van der Waals surface area (Å²) in [7, 11) is 0. The summed E-state index contributed by atoms with van der Waals surface area (Å²) >= 11 is 0. The second-order valence-electron chi connectivity index (χ2n) is 4.76. The fourth-order valence-electron chi connectivity index (χ4n) is 2.23. The Labute approximate surface area is 101 Å². The molecule has 0 atom stereocenters. The highest BCUT2D eigenvalue weighted by molar-refractivity contribution is 5.78. The predicted molar refractivity (Wildman–Crippen MR) is 70.0 cm³/mol. The summed E-state index contributed by atoms with van der Waals surface area (Å²) in [5, 5.41) is 4.41. The normalized spacial score (nSPS) is 15.8. The molecule has 1 aromatic heterocycles. The third-order valence-corrected chi connectivity index (χ3v) is 3.55. The van der Waals surface area contributed by atoms with Crippen molar-refractivity contribution in [3.05, 3.63) is 30.5 Å². The maximum atomic E-state index is 4.49. The first kappa shape index (κ1) is 10.5. The van der Waals surface area contributed by atoms with Gasteiger partial charge in [0.25, 0.3) is 0 Å². The lowest BCUT2D eigenvalue weighted by atomic mass is 9.83. The Balaban J connectivity index is 1.63. The first-order valence-electron chi connectivity index (χ1n) is 6.37. The molecule has 1 heterocycles. The lowest BCUT2D eigenvalue weighted by Crippen LogP contribution is -2.16. The van der Waals surface area contributed by atoms with E-state index in [1.807, 2.05) is 30.5 Å². The van der Waals surface area contributed by atoms with Crippen LogP contribution in [0.2, 0.25) is 0 Å². The van der Waals surface area contributed by atoms with E-state index in [0.717, 1.165) is 29.3 Å². The highest BCUT2D eigenvalue weighted by Crippen LogP contribution is 2.29. The molecule has 3 nitrogen and oxygen atoms in total. The number of hydrogen-bond acceptors (Lipinski definition) is 3. The van der Waals surface area contributed by atoms with Crippen molar-refractivity contribution in [1.29, 1.82) is 0 Å². The van der Waals surface area contributed by atoms with Crippen LogP contribution >= 0.6 is 0 Å². The van der Waals surface area contributed by atoms with Crippen molar-refractivity contribution in [2.45, 2.75) is 25.7 Å². The van der Waals surface area contributed by atoms with Gasteiger partial charge in [0.05, 0.1) is 5.52 Å². The van der Waals surface area contributed by atoms with E-state index in [9.17, 15) is 0 Å². The van der Waals surface area contributed by atoms with Crippen LogP contribution in [0.1, 0.15) is 25.7 Å². The van der Waals surface area contributed by atoms with Gasteiger partial charge in [-0.05, 0) is 18.4 Å². The molecule has 0 saturated heterocycles. The molecule has 3 rings (SSSR count). The Morgan fingerprint density at radius 2 is 2.12 bits per heavy atom. The Kier molecular flexibility index (Phi) is 2.90. The molecule has 1 N–H and O–H groups in total. The second kappa shape index (κ2) is 4.70. The van der Waals surface area contributed by atoms with E-state index in [1.54, 1.807) is 0 Å². The molecule has 1 aromatic carbocycles. The zero-order chi connectivity index (χ0) is 11.5. The molecule has 1 aliphatic carbocycles. The summed E-state index contributed by atoms with van der Waals surface area (Å²) in [5.74, 6) is 1.69. The third kappa shape index (κ3) is 2.38. The highest BCUT2D eigenvalue weighted by Gasteiger charge is 2.16. The summed E-state index contributed by atoms with van der Waals surface area (Å²) in [6.07, 6.45) is 7.35. The van der Waals surface area contributed by atoms with E-state index in [-0.39, 0.29) is 0 Å². The smallest absolute Gasteiger partial charge is 0.223 e. The SMILES string of the molecule is c1ccc2nc(NCCC3CCC3)ncc2c1. The van der Waals surface area contributed by atoms with Crippen LogP contribution < -0.4 is 5.32 Å². The molecule has 0 amide bonds. The van der Waals surface area contributed by atoms with E-state index in [0.29, 0.717) is 0 Å². The van der Waals surface area contributed by atoms with Crippen LogP contribution in [-0.2, 0) is 0 Å². The molecule has 0 bridgehead atoms. The number of para-hydroxylation sites is 1. The molecule has 0 aliphatic heterocycles. The number of rotatable bonds is 4. The first-order valence-corrected chi connectivity index (χ1v) is 6.37. The monoisotopic (exact) mass is 227 g/mol. The molecule has 2 aromatic rings. The average molecular weight is 227 g/mol. The second-order valence-corrected chi connectivity index (χ2v) is 4.76. The largest absolute Gasteiger partial charge is 0.354 e. The van der Waals surface area contributed by atoms with Crippen molar-refractivity contribution >= 4 is 16.9 Å². The van der Waals surface area contributed by atoms with E-state index >= 15 is 0 Å². The molecular formula is C14H17N3. The molecule has 3 heteroatoms. The highest BCUT2D eigenvalue weighted by atomic mass is 15.1. The molecule has 1 fully saturated rings. The number of nitrogens with zero attached hydrogens (tertiary/aromatic N) is 2. The van der Waals surface area contributed by atoms with E-state index in [1.165, 1.54) is 25.7 Å². The molecular weight excluding hydrogens is 210 g/mol. The molecule has 88 valence electrons. The maximum absolute atomic E-state index is 4.49. The van der Waals surface area contributed by atoms with Crippen LogP contribution in [0.5, 0.6) is 0 Å². The Hall–Kier alpha value is -1.64. The van der Waals surface area contributed by atoms with Gasteiger partial charge in [0.1, 0.15) is 0 Å². The summed E-state index contributed by atoms with van der Waals surface area (Å²) in [4.78, 5) is 8.82. The van der Waals surface area contributed by atoms with Gasteiger partial charge in [-0.2, -0.15) is 0 Å². The van der Waals surface area contributed by atoms with Gasteiger partial charge in [-0.25, -0.2) is 9.97 Å². The van der Waals surface area contributed by atoms with Crippen LogP contribution in [-0.4, -0.2) is 16.5 Å². The minimum atomic E-state index is 0.753. The van der Waals surface area contributed by atoms with E-state index in [2.05, 4.69) is 15.3 Å². The van der Waals surface area contributed by atoms with E-state index in [4.69, 9.17) is 0 Å². The number of hydrogen-bond donors (Lipinski definition) is 1. The van der Waals surface area contributed by atoms with Gasteiger partial charge in [0, 0.05) is 18.1 Å². The minimum Gasteiger partial charge on any atom is -0.354 e. The first-order chi connectivity index (χ1) is 8.42. The number of nitrogens with one attached hydrogen (secondary N) is 1. The summed E-state index contributed by atoms with van der Waals surface area (Å²) in [6.45, 7) is 0.989. The quantitative estimate of drug-likeness (QED) is 0.871.